The molecule has 0 bridgehead atoms. The van der Waals surface area contributed by atoms with Gasteiger partial charge in [-0.25, -0.2) is 4.79 Å². The number of carbonyl (C=O) groups excluding carboxylic acids is 2. The average molecular weight is 378 g/mol. The summed E-state index contributed by atoms with van der Waals surface area (Å²) in [6.45, 7) is 10.7. The summed E-state index contributed by atoms with van der Waals surface area (Å²) in [5, 5.41) is 2.23. The number of carbonyl (C=O) groups is 2. The van der Waals surface area contributed by atoms with Crippen LogP contribution in [0.1, 0.15) is 52.6 Å². The topological polar surface area (TPSA) is 72.5 Å². The molecule has 3 atom stereocenters. The molecule has 2 N–H and O–H groups in total. The second-order valence-electron chi connectivity index (χ2n) is 8.13. The lowest BCUT2D eigenvalue weighted by Gasteiger charge is -2.37. The number of hydrogen-bond donors (Lipinski definition) is 1. The predicted octanol–water partition coefficient (Wildman–Crippen LogP) is 2.50. The summed E-state index contributed by atoms with van der Waals surface area (Å²) in [4.78, 5) is 26.6. The second kappa shape index (κ2) is 9.22. The summed E-state index contributed by atoms with van der Waals surface area (Å²) in [6.07, 6.45) is 0.353. The number of rotatable bonds is 5. The average Bonchev–Trinajstić information content (AvgIpc) is 2.61. The molecule has 1 aromatic carbocycles. The molecule has 1 amide bonds. The fourth-order valence-electron chi connectivity index (χ4n) is 3.43. The quantitative estimate of drug-likeness (QED) is 0.800. The van der Waals surface area contributed by atoms with E-state index < -0.39 is 5.60 Å². The van der Waals surface area contributed by atoms with Crippen molar-refractivity contribution in [2.45, 2.75) is 58.7 Å². The van der Waals surface area contributed by atoms with Crippen LogP contribution in [0.2, 0.25) is 0 Å². The Labute approximate surface area is 162 Å². The van der Waals surface area contributed by atoms with E-state index in [0.717, 1.165) is 6.42 Å². The number of benzene rings is 1. The molecular formula is C21H33N2O4+. The van der Waals surface area contributed by atoms with E-state index in [9.17, 15) is 9.59 Å². The first-order chi connectivity index (χ1) is 12.7. The molecule has 150 valence electrons. The Kier molecular flexibility index (Phi) is 7.25. The number of ether oxygens (including phenoxy) is 2. The number of esters is 1. The Hall–Kier alpha value is -2.08. The molecule has 1 fully saturated rings. The van der Waals surface area contributed by atoms with Gasteiger partial charge in [-0.15, -0.1) is 0 Å². The van der Waals surface area contributed by atoms with Gasteiger partial charge < -0.3 is 19.7 Å². The molecule has 2 unspecified atom stereocenters. The van der Waals surface area contributed by atoms with Crippen molar-refractivity contribution in [1.82, 2.24) is 4.90 Å². The highest BCUT2D eigenvalue weighted by atomic mass is 16.6. The zero-order valence-electron chi connectivity index (χ0n) is 17.1. The van der Waals surface area contributed by atoms with Gasteiger partial charge in [0, 0.05) is 25.1 Å². The van der Waals surface area contributed by atoms with Crippen molar-refractivity contribution in [2.75, 3.05) is 19.7 Å². The van der Waals surface area contributed by atoms with Gasteiger partial charge in [-0.1, -0.05) is 30.3 Å². The zero-order valence-corrected chi connectivity index (χ0v) is 17.1. The highest BCUT2D eigenvalue weighted by Gasteiger charge is 2.41. The molecule has 6 heteroatoms. The Balaban J connectivity index is 2.08. The Morgan fingerprint density at radius 3 is 2.52 bits per heavy atom. The van der Waals surface area contributed by atoms with Gasteiger partial charge in [0.2, 0.25) is 0 Å². The molecule has 0 aliphatic carbocycles. The smallest absolute Gasteiger partial charge is 0.410 e. The maximum absolute atomic E-state index is 12.6. The van der Waals surface area contributed by atoms with Crippen LogP contribution in [0.3, 0.4) is 0 Å². The van der Waals surface area contributed by atoms with Gasteiger partial charge in [-0.05, 0) is 34.6 Å². The van der Waals surface area contributed by atoms with E-state index in [4.69, 9.17) is 9.47 Å². The molecule has 1 saturated heterocycles. The van der Waals surface area contributed by atoms with Crippen LogP contribution < -0.4 is 5.32 Å². The molecule has 1 aliphatic heterocycles. The standard InChI is InChI=1S/C21H32N2O4/c1-6-26-19(24)17-14-23(20(25)27-21(3,4)5)13-12-18(17)22-15(2)16-10-8-7-9-11-16/h7-11,15,17-18,22H,6,12-14H2,1-5H3/p+1/t15-,17?,18?/m1/s1. The van der Waals surface area contributed by atoms with Crippen LogP contribution in [0, 0.1) is 5.92 Å². The van der Waals surface area contributed by atoms with E-state index in [1.165, 1.54) is 5.56 Å². The first-order valence-corrected chi connectivity index (χ1v) is 9.75. The van der Waals surface area contributed by atoms with Crippen LogP contribution in [0.15, 0.2) is 30.3 Å². The van der Waals surface area contributed by atoms with E-state index in [1.807, 2.05) is 39.0 Å². The number of nitrogens with two attached hydrogens (primary N) is 1. The first-order valence-electron chi connectivity index (χ1n) is 9.75. The van der Waals surface area contributed by atoms with Gasteiger partial charge >= 0.3 is 12.1 Å². The maximum atomic E-state index is 12.6. The van der Waals surface area contributed by atoms with Gasteiger partial charge in [0.25, 0.3) is 0 Å². The van der Waals surface area contributed by atoms with E-state index in [1.54, 1.807) is 11.8 Å². The van der Waals surface area contributed by atoms with Gasteiger partial charge in [0.05, 0.1) is 6.61 Å². The molecular weight excluding hydrogens is 344 g/mol. The van der Waals surface area contributed by atoms with Crippen LogP contribution >= 0.6 is 0 Å². The fraction of sp³-hybridized carbons (Fsp3) is 0.619. The Morgan fingerprint density at radius 2 is 1.93 bits per heavy atom. The highest BCUT2D eigenvalue weighted by molar-refractivity contribution is 5.75. The minimum absolute atomic E-state index is 0.0675. The van der Waals surface area contributed by atoms with Crippen LogP contribution in [-0.2, 0) is 14.3 Å². The highest BCUT2D eigenvalue weighted by Crippen LogP contribution is 2.20. The molecule has 0 aromatic heterocycles. The summed E-state index contributed by atoms with van der Waals surface area (Å²) in [5.41, 5.74) is 0.663. The monoisotopic (exact) mass is 377 g/mol. The number of amides is 1. The molecule has 27 heavy (non-hydrogen) atoms. The number of hydrogen-bond acceptors (Lipinski definition) is 4. The Morgan fingerprint density at radius 1 is 1.26 bits per heavy atom. The van der Waals surface area contributed by atoms with Crippen LogP contribution in [-0.4, -0.2) is 48.3 Å². The summed E-state index contributed by atoms with van der Waals surface area (Å²) in [6, 6.07) is 10.5. The molecule has 6 nitrogen and oxygen atoms in total. The third-order valence-corrected chi connectivity index (χ3v) is 4.77. The van der Waals surface area contributed by atoms with E-state index in [0.29, 0.717) is 19.7 Å². The normalized spacial score (nSPS) is 21.4. The molecule has 0 spiro atoms. The van der Waals surface area contributed by atoms with Crippen molar-refractivity contribution in [2.24, 2.45) is 5.92 Å². The van der Waals surface area contributed by atoms with Gasteiger partial charge in [-0.2, -0.15) is 0 Å². The largest absolute Gasteiger partial charge is 0.466 e. The maximum Gasteiger partial charge on any atom is 0.410 e. The first kappa shape index (κ1) is 21.2. The van der Waals surface area contributed by atoms with E-state index in [2.05, 4.69) is 24.4 Å². The summed E-state index contributed by atoms with van der Waals surface area (Å²) in [7, 11) is 0. The molecule has 0 saturated carbocycles. The summed E-state index contributed by atoms with van der Waals surface area (Å²) >= 11 is 0. The summed E-state index contributed by atoms with van der Waals surface area (Å²) < 4.78 is 10.8. The second-order valence-corrected chi connectivity index (χ2v) is 8.13. The number of nitrogens with zero attached hydrogens (tertiary/aromatic N) is 1. The third-order valence-electron chi connectivity index (χ3n) is 4.77. The van der Waals surface area contributed by atoms with Crippen molar-refractivity contribution < 1.29 is 24.4 Å². The molecule has 1 aliphatic rings. The molecule has 1 aromatic rings. The molecule has 1 heterocycles. The van der Waals surface area contributed by atoms with Crippen molar-refractivity contribution in [3.63, 3.8) is 0 Å². The molecule has 2 rings (SSSR count). The third kappa shape index (κ3) is 6.24. The number of likely N-dealkylation sites (tertiary alicyclic amines) is 1. The Bertz CT molecular complexity index is 627. The lowest BCUT2D eigenvalue weighted by atomic mass is 9.91. The van der Waals surface area contributed by atoms with Crippen molar-refractivity contribution >= 4 is 12.1 Å². The zero-order chi connectivity index (χ0) is 20.0. The van der Waals surface area contributed by atoms with E-state index in [-0.39, 0.29) is 30.1 Å². The lowest BCUT2D eigenvalue weighted by molar-refractivity contribution is -0.731. The summed E-state index contributed by atoms with van der Waals surface area (Å²) in [5.74, 6) is -0.607. The van der Waals surface area contributed by atoms with Crippen LogP contribution in [0.5, 0.6) is 0 Å². The van der Waals surface area contributed by atoms with Crippen molar-refractivity contribution in [1.29, 1.82) is 0 Å². The van der Waals surface area contributed by atoms with E-state index >= 15 is 0 Å². The SMILES string of the molecule is CCOC(=O)C1CN(C(=O)OC(C)(C)C)CCC1[NH2+][C@H](C)c1ccccc1. The van der Waals surface area contributed by atoms with Gasteiger partial charge in [0.1, 0.15) is 23.6 Å². The fourth-order valence-corrected chi connectivity index (χ4v) is 3.43. The molecule has 0 radical (unpaired) electrons. The number of quaternary nitrogens is 1. The van der Waals surface area contributed by atoms with Crippen LogP contribution in [0.25, 0.3) is 0 Å². The minimum Gasteiger partial charge on any atom is -0.466 e. The predicted molar refractivity (Wildman–Crippen MR) is 103 cm³/mol. The number of piperidine rings is 1. The van der Waals surface area contributed by atoms with Crippen molar-refractivity contribution in [3.05, 3.63) is 35.9 Å². The van der Waals surface area contributed by atoms with Crippen LogP contribution in [0.4, 0.5) is 4.79 Å². The van der Waals surface area contributed by atoms with Gasteiger partial charge in [-0.3, -0.25) is 4.79 Å². The lowest BCUT2D eigenvalue weighted by Crippen LogP contribution is -2.93. The minimum atomic E-state index is -0.554. The van der Waals surface area contributed by atoms with Gasteiger partial charge in [0.15, 0.2) is 0 Å². The van der Waals surface area contributed by atoms with Crippen molar-refractivity contribution in [3.8, 4) is 0 Å².